The van der Waals surface area contributed by atoms with Gasteiger partial charge in [-0.3, -0.25) is 4.90 Å². The van der Waals surface area contributed by atoms with Crippen molar-refractivity contribution < 1.29 is 9.53 Å². The number of benzene rings is 1. The largest absolute Gasteiger partial charge is 0.445 e. The van der Waals surface area contributed by atoms with E-state index < -0.39 is 0 Å². The second-order valence-electron chi connectivity index (χ2n) is 5.22. The highest BCUT2D eigenvalue weighted by molar-refractivity contribution is 7.09. The Morgan fingerprint density at radius 3 is 2.95 bits per heavy atom. The monoisotopic (exact) mass is 302 g/mol. The van der Waals surface area contributed by atoms with Crippen LogP contribution in [0.5, 0.6) is 0 Å². The lowest BCUT2D eigenvalue weighted by atomic mass is 10.2. The molecule has 0 unspecified atom stereocenters. The summed E-state index contributed by atoms with van der Waals surface area (Å²) in [5.74, 6) is 0. The Bertz CT molecular complexity index is 612. The van der Waals surface area contributed by atoms with Crippen LogP contribution in [-0.2, 0) is 11.3 Å². The number of ether oxygens (including phenoxy) is 1. The molecule has 110 valence electrons. The van der Waals surface area contributed by atoms with Crippen molar-refractivity contribution in [2.75, 3.05) is 6.54 Å². The van der Waals surface area contributed by atoms with Crippen molar-refractivity contribution in [3.05, 3.63) is 52.0 Å². The summed E-state index contributed by atoms with van der Waals surface area (Å²) in [7, 11) is 0. The van der Waals surface area contributed by atoms with Crippen LogP contribution in [0.2, 0.25) is 0 Å². The number of nitrogens with zero attached hydrogens (tertiary/aromatic N) is 2. The van der Waals surface area contributed by atoms with E-state index in [1.54, 1.807) is 16.2 Å². The summed E-state index contributed by atoms with van der Waals surface area (Å²) in [6.07, 6.45) is 1.73. The molecule has 1 amide bonds. The molecule has 4 nitrogen and oxygen atoms in total. The first-order valence-electron chi connectivity index (χ1n) is 7.13. The minimum Gasteiger partial charge on any atom is -0.445 e. The predicted molar refractivity (Wildman–Crippen MR) is 82.2 cm³/mol. The van der Waals surface area contributed by atoms with Crippen LogP contribution in [0.4, 0.5) is 4.79 Å². The molecule has 5 heteroatoms. The highest BCUT2D eigenvalue weighted by Crippen LogP contribution is 2.34. The number of hydrogen-bond acceptors (Lipinski definition) is 4. The van der Waals surface area contributed by atoms with Crippen molar-refractivity contribution in [1.29, 1.82) is 0 Å². The molecule has 0 N–H and O–H groups in total. The summed E-state index contributed by atoms with van der Waals surface area (Å²) >= 11 is 1.62. The maximum Gasteiger partial charge on any atom is 0.410 e. The number of aromatic nitrogens is 1. The van der Waals surface area contributed by atoms with Gasteiger partial charge in [0.05, 0.1) is 6.04 Å². The lowest BCUT2D eigenvalue weighted by molar-refractivity contribution is 0.0920. The fourth-order valence-electron chi connectivity index (χ4n) is 2.57. The summed E-state index contributed by atoms with van der Waals surface area (Å²) in [5.41, 5.74) is 2.02. The molecule has 21 heavy (non-hydrogen) atoms. The first-order valence-corrected chi connectivity index (χ1v) is 8.01. The molecule has 0 radical (unpaired) electrons. The van der Waals surface area contributed by atoms with Crippen LogP contribution in [0.25, 0.3) is 0 Å². The number of carbonyl (C=O) groups excluding carboxylic acids is 1. The molecule has 1 aliphatic heterocycles. The standard InChI is InChI=1S/C16H18N2O2S/c1-12-11-21-15(17-12)14-8-5-9-18(14)16(19)20-10-13-6-3-2-4-7-13/h2-4,6-7,11,14H,5,8-10H2,1H3/t14-/m0/s1. The molecule has 2 aromatic rings. The Labute approximate surface area is 128 Å². The maximum absolute atomic E-state index is 12.3. The molecule has 0 spiro atoms. The van der Waals surface area contributed by atoms with Crippen LogP contribution in [0.15, 0.2) is 35.7 Å². The van der Waals surface area contributed by atoms with Crippen molar-refractivity contribution in [3.63, 3.8) is 0 Å². The van der Waals surface area contributed by atoms with Gasteiger partial charge in [-0.2, -0.15) is 0 Å². The van der Waals surface area contributed by atoms with E-state index >= 15 is 0 Å². The molecular weight excluding hydrogens is 284 g/mol. The zero-order valence-corrected chi connectivity index (χ0v) is 12.8. The van der Waals surface area contributed by atoms with Crippen LogP contribution in [-0.4, -0.2) is 22.5 Å². The highest BCUT2D eigenvalue weighted by atomic mass is 32.1. The van der Waals surface area contributed by atoms with Crippen LogP contribution in [0, 0.1) is 6.92 Å². The van der Waals surface area contributed by atoms with Crippen molar-refractivity contribution in [2.24, 2.45) is 0 Å². The lowest BCUT2D eigenvalue weighted by Gasteiger charge is -2.22. The molecule has 1 aromatic heterocycles. The van der Waals surface area contributed by atoms with Crippen LogP contribution in [0.3, 0.4) is 0 Å². The minimum atomic E-state index is -0.241. The molecule has 3 rings (SSSR count). The third-order valence-electron chi connectivity index (χ3n) is 3.61. The van der Waals surface area contributed by atoms with E-state index in [1.165, 1.54) is 0 Å². The number of likely N-dealkylation sites (tertiary alicyclic amines) is 1. The summed E-state index contributed by atoms with van der Waals surface area (Å²) in [6.45, 7) is 3.05. The third-order valence-corrected chi connectivity index (χ3v) is 4.68. The Morgan fingerprint density at radius 1 is 1.43 bits per heavy atom. The molecule has 1 aromatic carbocycles. The topological polar surface area (TPSA) is 42.4 Å². The summed E-state index contributed by atoms with van der Waals surface area (Å²) in [4.78, 5) is 18.6. The van der Waals surface area contributed by atoms with Gasteiger partial charge in [-0.05, 0) is 25.3 Å². The molecule has 1 saturated heterocycles. The van der Waals surface area contributed by atoms with E-state index in [4.69, 9.17) is 4.74 Å². The summed E-state index contributed by atoms with van der Waals surface area (Å²) < 4.78 is 5.43. The van der Waals surface area contributed by atoms with Crippen LogP contribution < -0.4 is 0 Å². The third kappa shape index (κ3) is 3.24. The first kappa shape index (κ1) is 14.1. The van der Waals surface area contributed by atoms with Crippen molar-refractivity contribution in [3.8, 4) is 0 Å². The number of amides is 1. The quantitative estimate of drug-likeness (QED) is 0.863. The smallest absolute Gasteiger partial charge is 0.410 e. The Morgan fingerprint density at radius 2 is 2.24 bits per heavy atom. The van der Waals surface area contributed by atoms with Gasteiger partial charge in [-0.25, -0.2) is 9.78 Å². The average molecular weight is 302 g/mol. The molecule has 1 fully saturated rings. The number of thiazole rings is 1. The second-order valence-corrected chi connectivity index (χ2v) is 6.11. The zero-order valence-electron chi connectivity index (χ0n) is 12.0. The Hall–Kier alpha value is -1.88. The molecule has 2 heterocycles. The normalized spacial score (nSPS) is 18.0. The van der Waals surface area contributed by atoms with E-state index in [9.17, 15) is 4.79 Å². The molecule has 1 atom stereocenters. The summed E-state index contributed by atoms with van der Waals surface area (Å²) in [5, 5.41) is 3.04. The van der Waals surface area contributed by atoms with E-state index in [0.717, 1.165) is 35.7 Å². The Kier molecular flexibility index (Phi) is 4.20. The molecule has 0 aliphatic carbocycles. The van der Waals surface area contributed by atoms with Gasteiger partial charge < -0.3 is 4.74 Å². The molecule has 1 aliphatic rings. The number of aryl methyl sites for hydroxylation is 1. The number of carbonyl (C=O) groups is 1. The first-order chi connectivity index (χ1) is 10.2. The van der Waals surface area contributed by atoms with E-state index in [0.29, 0.717) is 6.61 Å². The van der Waals surface area contributed by atoms with Gasteiger partial charge in [-0.15, -0.1) is 11.3 Å². The lowest BCUT2D eigenvalue weighted by Crippen LogP contribution is -2.31. The highest BCUT2D eigenvalue weighted by Gasteiger charge is 2.32. The zero-order chi connectivity index (χ0) is 14.7. The van der Waals surface area contributed by atoms with Gasteiger partial charge in [0.25, 0.3) is 0 Å². The van der Waals surface area contributed by atoms with Crippen molar-refractivity contribution >= 4 is 17.4 Å². The SMILES string of the molecule is Cc1csc([C@@H]2CCCN2C(=O)OCc2ccccc2)n1. The van der Waals surface area contributed by atoms with Gasteiger partial charge in [0.1, 0.15) is 11.6 Å². The van der Waals surface area contributed by atoms with Crippen LogP contribution in [0.1, 0.15) is 35.1 Å². The average Bonchev–Trinajstić information content (AvgIpc) is 3.14. The van der Waals surface area contributed by atoms with Gasteiger partial charge in [0.15, 0.2) is 0 Å². The molecular formula is C16H18N2O2S. The summed E-state index contributed by atoms with van der Waals surface area (Å²) in [6, 6.07) is 9.83. The Balaban J connectivity index is 1.63. The van der Waals surface area contributed by atoms with Gasteiger partial charge >= 0.3 is 6.09 Å². The van der Waals surface area contributed by atoms with E-state index in [-0.39, 0.29) is 12.1 Å². The number of rotatable bonds is 3. The van der Waals surface area contributed by atoms with Gasteiger partial charge in [0, 0.05) is 17.6 Å². The minimum absolute atomic E-state index is 0.0759. The molecule has 0 saturated carbocycles. The number of hydrogen-bond donors (Lipinski definition) is 0. The van der Waals surface area contributed by atoms with E-state index in [1.807, 2.05) is 42.6 Å². The maximum atomic E-state index is 12.3. The second kappa shape index (κ2) is 6.26. The van der Waals surface area contributed by atoms with Gasteiger partial charge in [-0.1, -0.05) is 30.3 Å². The fourth-order valence-corrected chi connectivity index (χ4v) is 3.51. The fraction of sp³-hybridized carbons (Fsp3) is 0.375. The van der Waals surface area contributed by atoms with Gasteiger partial charge in [0.2, 0.25) is 0 Å². The molecule has 0 bridgehead atoms. The predicted octanol–water partition coefficient (Wildman–Crippen LogP) is 3.93. The van der Waals surface area contributed by atoms with Crippen molar-refractivity contribution in [2.45, 2.75) is 32.4 Å². The van der Waals surface area contributed by atoms with Crippen molar-refractivity contribution in [1.82, 2.24) is 9.88 Å². The van der Waals surface area contributed by atoms with Crippen LogP contribution >= 0.6 is 11.3 Å². The van der Waals surface area contributed by atoms with E-state index in [2.05, 4.69) is 4.98 Å².